The second-order valence-electron chi connectivity index (χ2n) is 13.7. The van der Waals surface area contributed by atoms with E-state index >= 15 is 0 Å². The first-order chi connectivity index (χ1) is 21.2. The number of hydrogen-bond donors (Lipinski definition) is 3. The number of nitrogens with one attached hydrogen (secondary N) is 2. The molecule has 0 saturated carbocycles. The van der Waals surface area contributed by atoms with Gasteiger partial charge in [-0.2, -0.15) is 0 Å². The number of piperidine rings is 1. The third-order valence-electron chi connectivity index (χ3n) is 9.72. The lowest BCUT2D eigenvalue weighted by molar-refractivity contribution is 0.0828. The zero-order valence-electron chi connectivity index (χ0n) is 26.1. The minimum absolute atomic E-state index is 0.0781. The highest BCUT2D eigenvalue weighted by Gasteiger charge is 2.30. The zero-order valence-corrected chi connectivity index (χ0v) is 26.9. The molecular formula is C36H44N4O3S. The third-order valence-corrected chi connectivity index (χ3v) is 10.8. The summed E-state index contributed by atoms with van der Waals surface area (Å²) in [4.78, 5) is 37.0. The fourth-order valence-electron chi connectivity index (χ4n) is 6.88. The van der Waals surface area contributed by atoms with Crippen LogP contribution < -0.4 is 10.9 Å². The van der Waals surface area contributed by atoms with E-state index in [1.807, 2.05) is 24.3 Å². The predicted molar refractivity (Wildman–Crippen MR) is 178 cm³/mol. The number of carbonyl (C=O) groups is 1. The van der Waals surface area contributed by atoms with Gasteiger partial charge >= 0.3 is 0 Å². The third kappa shape index (κ3) is 6.82. The fourth-order valence-corrected chi connectivity index (χ4v) is 7.82. The highest BCUT2D eigenvalue weighted by Crippen LogP contribution is 2.38. The first-order valence-corrected chi connectivity index (χ1v) is 16.9. The SMILES string of the molecule is CC(C)(C)[C@H]1CCc2nc3sc(C(=O)N[C@H](CCN4CCCCC4CO)c4ccc(-c5ccc(=O)[nH]c5)cc4)cc3cc2C1. The molecule has 3 atom stereocenters. The van der Waals surface area contributed by atoms with Crippen molar-refractivity contribution in [1.82, 2.24) is 20.2 Å². The van der Waals surface area contributed by atoms with E-state index in [0.717, 1.165) is 84.9 Å². The minimum atomic E-state index is -0.188. The Morgan fingerprint density at radius 3 is 2.64 bits per heavy atom. The van der Waals surface area contributed by atoms with Crippen LogP contribution in [0.25, 0.3) is 21.3 Å². The number of likely N-dealkylation sites (tertiary alicyclic amines) is 1. The van der Waals surface area contributed by atoms with Gasteiger partial charge < -0.3 is 15.4 Å². The zero-order chi connectivity index (χ0) is 30.8. The van der Waals surface area contributed by atoms with Gasteiger partial charge in [0.25, 0.3) is 5.91 Å². The summed E-state index contributed by atoms with van der Waals surface area (Å²) in [6, 6.07) is 15.8. The first kappa shape index (κ1) is 30.7. The summed E-state index contributed by atoms with van der Waals surface area (Å²) in [5.41, 5.74) is 5.63. The van der Waals surface area contributed by atoms with Gasteiger partial charge in [0.15, 0.2) is 0 Å². The maximum absolute atomic E-state index is 13.8. The summed E-state index contributed by atoms with van der Waals surface area (Å²) in [5, 5.41) is 14.4. The molecular weight excluding hydrogens is 568 g/mol. The van der Waals surface area contributed by atoms with Crippen LogP contribution in [0.4, 0.5) is 0 Å². The average molecular weight is 613 g/mol. The molecule has 0 bridgehead atoms. The average Bonchev–Trinajstić information content (AvgIpc) is 3.45. The second-order valence-corrected chi connectivity index (χ2v) is 14.7. The van der Waals surface area contributed by atoms with Gasteiger partial charge in [-0.15, -0.1) is 11.3 Å². The van der Waals surface area contributed by atoms with Crippen LogP contribution in [-0.4, -0.2) is 51.6 Å². The number of aliphatic hydroxyl groups excluding tert-OH is 1. The quantitative estimate of drug-likeness (QED) is 0.211. The Hall–Kier alpha value is -3.33. The summed E-state index contributed by atoms with van der Waals surface area (Å²) in [5.74, 6) is 0.558. The van der Waals surface area contributed by atoms with Gasteiger partial charge in [0, 0.05) is 35.9 Å². The minimum Gasteiger partial charge on any atom is -0.395 e. The second kappa shape index (κ2) is 13.0. The van der Waals surface area contributed by atoms with Gasteiger partial charge in [-0.3, -0.25) is 14.5 Å². The number of amides is 1. The maximum atomic E-state index is 13.8. The van der Waals surface area contributed by atoms with E-state index in [2.05, 4.69) is 54.2 Å². The van der Waals surface area contributed by atoms with E-state index in [-0.39, 0.29) is 35.6 Å². The summed E-state index contributed by atoms with van der Waals surface area (Å²) in [7, 11) is 0. The van der Waals surface area contributed by atoms with Crippen molar-refractivity contribution in [2.24, 2.45) is 11.3 Å². The van der Waals surface area contributed by atoms with Crippen LogP contribution in [0.15, 0.2) is 59.5 Å². The van der Waals surface area contributed by atoms with E-state index in [0.29, 0.717) is 10.8 Å². The molecule has 0 spiro atoms. The number of aromatic nitrogens is 2. The Balaban J connectivity index is 1.23. The number of pyridine rings is 2. The van der Waals surface area contributed by atoms with E-state index < -0.39 is 0 Å². The summed E-state index contributed by atoms with van der Waals surface area (Å²) >= 11 is 1.48. The van der Waals surface area contributed by atoms with Crippen molar-refractivity contribution in [1.29, 1.82) is 0 Å². The van der Waals surface area contributed by atoms with Gasteiger partial charge in [0.1, 0.15) is 4.83 Å². The predicted octanol–water partition coefficient (Wildman–Crippen LogP) is 6.51. The van der Waals surface area contributed by atoms with E-state index in [1.165, 1.54) is 28.7 Å². The number of fused-ring (bicyclic) bond motifs is 2. The molecule has 1 aliphatic heterocycles. The molecule has 44 heavy (non-hydrogen) atoms. The monoisotopic (exact) mass is 612 g/mol. The number of aliphatic hydroxyl groups is 1. The van der Waals surface area contributed by atoms with Crippen molar-refractivity contribution in [2.75, 3.05) is 19.7 Å². The summed E-state index contributed by atoms with van der Waals surface area (Å²) < 4.78 is 0. The summed E-state index contributed by atoms with van der Waals surface area (Å²) in [6.45, 7) is 8.91. The molecule has 1 unspecified atom stereocenters. The van der Waals surface area contributed by atoms with Crippen LogP contribution in [0.2, 0.25) is 0 Å². The van der Waals surface area contributed by atoms with Crippen molar-refractivity contribution < 1.29 is 9.90 Å². The van der Waals surface area contributed by atoms with E-state index in [1.54, 1.807) is 6.20 Å². The van der Waals surface area contributed by atoms with Crippen LogP contribution in [0, 0.1) is 11.3 Å². The highest BCUT2D eigenvalue weighted by molar-refractivity contribution is 7.20. The number of aromatic amines is 1. The number of hydrogen-bond acceptors (Lipinski definition) is 6. The molecule has 1 aromatic carbocycles. The van der Waals surface area contributed by atoms with Crippen molar-refractivity contribution in [3.8, 4) is 11.1 Å². The lowest BCUT2D eigenvalue weighted by atomic mass is 9.71. The van der Waals surface area contributed by atoms with Crippen molar-refractivity contribution in [3.63, 3.8) is 0 Å². The van der Waals surface area contributed by atoms with Crippen LogP contribution >= 0.6 is 11.3 Å². The maximum Gasteiger partial charge on any atom is 0.261 e. The van der Waals surface area contributed by atoms with Crippen LogP contribution in [0.5, 0.6) is 0 Å². The fraction of sp³-hybridized carbons (Fsp3) is 0.472. The van der Waals surface area contributed by atoms with Gasteiger partial charge in [0.2, 0.25) is 5.56 Å². The molecule has 1 fully saturated rings. The number of benzene rings is 1. The smallest absolute Gasteiger partial charge is 0.261 e. The largest absolute Gasteiger partial charge is 0.395 e. The lowest BCUT2D eigenvalue weighted by Crippen LogP contribution is -2.43. The van der Waals surface area contributed by atoms with Crippen LogP contribution in [-0.2, 0) is 12.8 Å². The molecule has 8 heteroatoms. The summed E-state index contributed by atoms with van der Waals surface area (Å²) in [6.07, 6.45) is 8.95. The van der Waals surface area contributed by atoms with Crippen molar-refractivity contribution >= 4 is 27.5 Å². The highest BCUT2D eigenvalue weighted by atomic mass is 32.1. The van der Waals surface area contributed by atoms with E-state index in [4.69, 9.17) is 4.98 Å². The number of aryl methyl sites for hydroxylation is 1. The lowest BCUT2D eigenvalue weighted by Gasteiger charge is -2.35. The van der Waals surface area contributed by atoms with Crippen molar-refractivity contribution in [3.05, 3.63) is 86.8 Å². The first-order valence-electron chi connectivity index (χ1n) is 16.0. The number of thiophene rings is 1. The Bertz CT molecular complexity index is 1650. The molecule has 3 N–H and O–H groups in total. The number of rotatable bonds is 8. The molecule has 1 saturated heterocycles. The molecule has 232 valence electrons. The molecule has 2 aliphatic rings. The number of nitrogens with zero attached hydrogens (tertiary/aromatic N) is 2. The van der Waals surface area contributed by atoms with Crippen LogP contribution in [0.3, 0.4) is 0 Å². The normalized spacial score (nSPS) is 19.9. The Kier molecular flexibility index (Phi) is 9.03. The number of H-pyrrole nitrogens is 1. The van der Waals surface area contributed by atoms with Gasteiger partial charge in [0.05, 0.1) is 17.5 Å². The molecule has 0 radical (unpaired) electrons. The van der Waals surface area contributed by atoms with E-state index in [9.17, 15) is 14.7 Å². The van der Waals surface area contributed by atoms with Gasteiger partial charge in [-0.1, -0.05) is 51.5 Å². The Morgan fingerprint density at radius 2 is 1.91 bits per heavy atom. The molecule has 1 aliphatic carbocycles. The standard InChI is InChI=1S/C36H44N4O3S/c1-36(2,3)28-12-13-30-26(19-28)18-27-20-32(44-35(27)39-30)34(43)38-31(15-17-40-16-5-4-6-29(40)22-41)24-9-7-23(8-10-24)25-11-14-33(42)37-21-25/h7-11,14,18,20-21,28-29,31,41H,4-6,12-13,15-17,19,22H2,1-3H3,(H,37,42)(H,38,43)/t28-,29?,31+/m0/s1. The van der Waals surface area contributed by atoms with Gasteiger partial charge in [-0.25, -0.2) is 4.98 Å². The van der Waals surface area contributed by atoms with Crippen molar-refractivity contribution in [2.45, 2.75) is 77.8 Å². The molecule has 6 rings (SSSR count). The van der Waals surface area contributed by atoms with Gasteiger partial charge in [-0.05, 0) is 96.9 Å². The molecule has 4 aromatic rings. The molecule has 7 nitrogen and oxygen atoms in total. The Labute approximate surface area is 263 Å². The Morgan fingerprint density at radius 1 is 1.11 bits per heavy atom. The molecule has 1 amide bonds. The molecule has 3 aromatic heterocycles. The number of carbonyl (C=O) groups excluding carboxylic acids is 1. The molecule has 4 heterocycles. The van der Waals surface area contributed by atoms with Crippen LogP contribution in [0.1, 0.15) is 85.4 Å². The topological polar surface area (TPSA) is 98.3 Å².